The standard InChI is InChI=1S/C15H13BrN2O4/c1-7(19)11-8(2)22-15(12(11)13(17)20)18-14(21)9-5-3-4-6-10(9)16/h3-6H,1-2H3,(H2,17,20)(H,18,21). The van der Waals surface area contributed by atoms with Gasteiger partial charge in [0.1, 0.15) is 11.3 Å². The molecule has 0 fully saturated rings. The topological polar surface area (TPSA) is 102 Å². The van der Waals surface area contributed by atoms with Gasteiger partial charge in [0.15, 0.2) is 5.78 Å². The van der Waals surface area contributed by atoms with E-state index in [1.165, 1.54) is 13.8 Å². The molecule has 7 heteroatoms. The SMILES string of the molecule is CC(=O)c1c(C)oc(NC(=O)c2ccccc2Br)c1C(N)=O. The molecule has 1 aromatic carbocycles. The quantitative estimate of drug-likeness (QED) is 0.814. The summed E-state index contributed by atoms with van der Waals surface area (Å²) in [6.45, 7) is 2.82. The van der Waals surface area contributed by atoms with Gasteiger partial charge in [0.2, 0.25) is 5.88 Å². The molecule has 2 rings (SSSR count). The second-order valence-corrected chi connectivity index (χ2v) is 5.45. The monoisotopic (exact) mass is 364 g/mol. The lowest BCUT2D eigenvalue weighted by Gasteiger charge is -2.05. The van der Waals surface area contributed by atoms with E-state index in [2.05, 4.69) is 21.2 Å². The van der Waals surface area contributed by atoms with E-state index in [4.69, 9.17) is 10.2 Å². The predicted octanol–water partition coefficient (Wildman–Crippen LogP) is 2.90. The first-order valence-electron chi connectivity index (χ1n) is 6.33. The van der Waals surface area contributed by atoms with Gasteiger partial charge in [-0.05, 0) is 41.9 Å². The second-order valence-electron chi connectivity index (χ2n) is 4.59. The predicted molar refractivity (Wildman–Crippen MR) is 84.1 cm³/mol. The average Bonchev–Trinajstić information content (AvgIpc) is 2.75. The van der Waals surface area contributed by atoms with Gasteiger partial charge < -0.3 is 10.2 Å². The van der Waals surface area contributed by atoms with E-state index in [1.54, 1.807) is 24.3 Å². The summed E-state index contributed by atoms with van der Waals surface area (Å²) in [5.41, 5.74) is 5.62. The lowest BCUT2D eigenvalue weighted by atomic mass is 10.1. The fourth-order valence-corrected chi connectivity index (χ4v) is 2.57. The zero-order valence-corrected chi connectivity index (χ0v) is 13.5. The van der Waals surface area contributed by atoms with Crippen molar-refractivity contribution >= 4 is 39.4 Å². The largest absolute Gasteiger partial charge is 0.444 e. The molecule has 2 aromatic rings. The van der Waals surface area contributed by atoms with Crippen LogP contribution in [-0.4, -0.2) is 17.6 Å². The Morgan fingerprint density at radius 3 is 2.36 bits per heavy atom. The number of aryl methyl sites for hydroxylation is 1. The van der Waals surface area contributed by atoms with Crippen molar-refractivity contribution in [1.29, 1.82) is 0 Å². The summed E-state index contributed by atoms with van der Waals surface area (Å²) in [5.74, 6) is -1.60. The van der Waals surface area contributed by atoms with E-state index < -0.39 is 11.8 Å². The molecule has 1 heterocycles. The van der Waals surface area contributed by atoms with E-state index in [1.807, 2.05) is 0 Å². The molecule has 0 saturated carbocycles. The van der Waals surface area contributed by atoms with Crippen molar-refractivity contribution in [2.24, 2.45) is 5.73 Å². The summed E-state index contributed by atoms with van der Waals surface area (Å²) < 4.78 is 5.92. The van der Waals surface area contributed by atoms with E-state index in [-0.39, 0.29) is 28.6 Å². The van der Waals surface area contributed by atoms with Crippen molar-refractivity contribution in [1.82, 2.24) is 0 Å². The van der Waals surface area contributed by atoms with Crippen molar-refractivity contribution in [3.63, 3.8) is 0 Å². The average molecular weight is 365 g/mol. The van der Waals surface area contributed by atoms with Crippen LogP contribution in [0.1, 0.15) is 43.8 Å². The normalized spacial score (nSPS) is 10.3. The van der Waals surface area contributed by atoms with E-state index >= 15 is 0 Å². The summed E-state index contributed by atoms with van der Waals surface area (Å²) in [6.07, 6.45) is 0. The summed E-state index contributed by atoms with van der Waals surface area (Å²) in [4.78, 5) is 35.5. The first-order valence-corrected chi connectivity index (χ1v) is 7.12. The van der Waals surface area contributed by atoms with Gasteiger partial charge in [-0.15, -0.1) is 0 Å². The molecule has 1 aromatic heterocycles. The zero-order chi connectivity index (χ0) is 16.4. The Morgan fingerprint density at radius 2 is 1.82 bits per heavy atom. The van der Waals surface area contributed by atoms with Crippen LogP contribution in [0.25, 0.3) is 0 Å². The number of anilines is 1. The molecule has 0 aliphatic rings. The van der Waals surface area contributed by atoms with Gasteiger partial charge in [-0.25, -0.2) is 0 Å². The molecule has 0 spiro atoms. The Morgan fingerprint density at radius 1 is 1.18 bits per heavy atom. The van der Waals surface area contributed by atoms with Crippen molar-refractivity contribution in [3.05, 3.63) is 51.2 Å². The number of hydrogen-bond donors (Lipinski definition) is 2. The van der Waals surface area contributed by atoms with Crippen LogP contribution >= 0.6 is 15.9 Å². The van der Waals surface area contributed by atoms with Crippen LogP contribution in [0.15, 0.2) is 33.2 Å². The van der Waals surface area contributed by atoms with Crippen LogP contribution in [0.4, 0.5) is 5.88 Å². The van der Waals surface area contributed by atoms with Crippen molar-refractivity contribution < 1.29 is 18.8 Å². The molecular weight excluding hydrogens is 352 g/mol. The van der Waals surface area contributed by atoms with Crippen LogP contribution in [0.3, 0.4) is 0 Å². The highest BCUT2D eigenvalue weighted by Gasteiger charge is 2.26. The van der Waals surface area contributed by atoms with Crippen molar-refractivity contribution in [2.75, 3.05) is 5.32 Å². The van der Waals surface area contributed by atoms with Crippen molar-refractivity contribution in [2.45, 2.75) is 13.8 Å². The summed E-state index contributed by atoms with van der Waals surface area (Å²) in [7, 11) is 0. The number of amides is 2. The minimum Gasteiger partial charge on any atom is -0.444 e. The number of carbonyl (C=O) groups is 3. The fourth-order valence-electron chi connectivity index (χ4n) is 2.11. The maximum absolute atomic E-state index is 12.3. The minimum absolute atomic E-state index is 0.0786. The highest BCUT2D eigenvalue weighted by Crippen LogP contribution is 2.28. The molecule has 0 unspecified atom stereocenters. The molecule has 0 atom stereocenters. The molecule has 0 saturated heterocycles. The first kappa shape index (κ1) is 16.0. The number of Topliss-reactive ketones (excluding diaryl/α,β-unsaturated/α-hetero) is 1. The van der Waals surface area contributed by atoms with Crippen LogP contribution in [0.5, 0.6) is 0 Å². The number of hydrogen-bond acceptors (Lipinski definition) is 4. The van der Waals surface area contributed by atoms with Gasteiger partial charge in [0, 0.05) is 4.47 Å². The molecule has 0 aliphatic heterocycles. The second kappa shape index (κ2) is 6.15. The van der Waals surface area contributed by atoms with Gasteiger partial charge in [0.05, 0.1) is 11.1 Å². The third-order valence-corrected chi connectivity index (χ3v) is 3.72. The van der Waals surface area contributed by atoms with E-state index in [0.29, 0.717) is 10.0 Å². The molecule has 0 aliphatic carbocycles. The fraction of sp³-hybridized carbons (Fsp3) is 0.133. The van der Waals surface area contributed by atoms with E-state index in [9.17, 15) is 14.4 Å². The van der Waals surface area contributed by atoms with Gasteiger partial charge in [-0.3, -0.25) is 19.7 Å². The Balaban J connectivity index is 2.44. The van der Waals surface area contributed by atoms with Crippen LogP contribution < -0.4 is 11.1 Å². The van der Waals surface area contributed by atoms with Crippen LogP contribution in [0, 0.1) is 6.92 Å². The highest BCUT2D eigenvalue weighted by molar-refractivity contribution is 9.10. The van der Waals surface area contributed by atoms with Gasteiger partial charge in [0.25, 0.3) is 11.8 Å². The Hall–Kier alpha value is -2.41. The van der Waals surface area contributed by atoms with Crippen LogP contribution in [-0.2, 0) is 0 Å². The first-order chi connectivity index (χ1) is 10.3. The molecule has 2 amide bonds. The van der Waals surface area contributed by atoms with E-state index in [0.717, 1.165) is 0 Å². The number of benzene rings is 1. The number of primary amides is 1. The van der Waals surface area contributed by atoms with Crippen molar-refractivity contribution in [3.8, 4) is 0 Å². The maximum atomic E-state index is 12.3. The summed E-state index contributed by atoms with van der Waals surface area (Å²) >= 11 is 3.26. The smallest absolute Gasteiger partial charge is 0.259 e. The number of halogens is 1. The minimum atomic E-state index is -0.843. The van der Waals surface area contributed by atoms with Crippen LogP contribution in [0.2, 0.25) is 0 Å². The Bertz CT molecular complexity index is 780. The third kappa shape index (κ3) is 2.94. The number of nitrogens with two attached hydrogens (primary N) is 1. The molecular formula is C15H13BrN2O4. The highest BCUT2D eigenvalue weighted by atomic mass is 79.9. The zero-order valence-electron chi connectivity index (χ0n) is 11.9. The van der Waals surface area contributed by atoms with Gasteiger partial charge in [-0.1, -0.05) is 12.1 Å². The lowest BCUT2D eigenvalue weighted by Crippen LogP contribution is -2.19. The molecule has 6 nitrogen and oxygen atoms in total. The van der Waals surface area contributed by atoms with Gasteiger partial charge in [-0.2, -0.15) is 0 Å². The Kier molecular flexibility index (Phi) is 4.46. The number of carbonyl (C=O) groups excluding carboxylic acids is 3. The van der Waals surface area contributed by atoms with Gasteiger partial charge >= 0.3 is 0 Å². The summed E-state index contributed by atoms with van der Waals surface area (Å²) in [5, 5.41) is 2.48. The number of rotatable bonds is 4. The number of furan rings is 1. The lowest BCUT2D eigenvalue weighted by molar-refractivity contribution is 0.0974. The molecule has 0 bridgehead atoms. The number of ketones is 1. The summed E-state index contributed by atoms with van der Waals surface area (Å²) in [6, 6.07) is 6.77. The maximum Gasteiger partial charge on any atom is 0.259 e. The molecule has 3 N–H and O–H groups in total. The number of nitrogens with one attached hydrogen (secondary N) is 1. The molecule has 22 heavy (non-hydrogen) atoms. The third-order valence-electron chi connectivity index (χ3n) is 3.03. The Labute approximate surface area is 134 Å². The molecule has 114 valence electrons. The molecule has 0 radical (unpaired) electrons.